The molecular weight excluding hydrogens is 216 g/mol. The number of hydrogen-bond donors (Lipinski definition) is 0. The summed E-state index contributed by atoms with van der Waals surface area (Å²) in [6, 6.07) is 7.40. The highest BCUT2D eigenvalue weighted by atomic mass is 16.5. The predicted molar refractivity (Wildman–Crippen MR) is 66.0 cm³/mol. The third-order valence-corrected chi connectivity index (χ3v) is 2.50. The number of hydrogen-bond acceptors (Lipinski definition) is 3. The van der Waals surface area contributed by atoms with Crippen molar-refractivity contribution in [1.82, 2.24) is 0 Å². The van der Waals surface area contributed by atoms with Gasteiger partial charge in [0.05, 0.1) is 0 Å². The second-order valence-electron chi connectivity index (χ2n) is 3.98. The van der Waals surface area contributed by atoms with Crippen LogP contribution in [0.1, 0.15) is 38.7 Å². The first-order valence-corrected chi connectivity index (χ1v) is 5.91. The Kier molecular flexibility index (Phi) is 5.40. The van der Waals surface area contributed by atoms with E-state index < -0.39 is 0 Å². The summed E-state index contributed by atoms with van der Waals surface area (Å²) in [5.41, 5.74) is 1.16. The second kappa shape index (κ2) is 6.84. The minimum Gasteiger partial charge on any atom is -0.427 e. The molecule has 1 rings (SSSR count). The molecule has 0 aliphatic carbocycles. The van der Waals surface area contributed by atoms with Gasteiger partial charge in [0, 0.05) is 19.8 Å². The average molecular weight is 234 g/mol. The first-order chi connectivity index (χ1) is 8.11. The molecule has 0 N–H and O–H groups in total. The van der Waals surface area contributed by atoms with Crippen LogP contribution in [0.2, 0.25) is 0 Å². The first kappa shape index (κ1) is 13.4. The van der Waals surface area contributed by atoms with E-state index in [4.69, 9.17) is 4.74 Å². The number of aryl methyl sites for hydroxylation is 1. The van der Waals surface area contributed by atoms with Gasteiger partial charge >= 0.3 is 5.97 Å². The van der Waals surface area contributed by atoms with Crippen molar-refractivity contribution >= 4 is 11.8 Å². The summed E-state index contributed by atoms with van der Waals surface area (Å²) in [5, 5.41) is 0. The van der Waals surface area contributed by atoms with Gasteiger partial charge in [0.15, 0.2) is 0 Å². The Balaban J connectivity index is 2.40. The zero-order valence-electron chi connectivity index (χ0n) is 10.4. The molecule has 0 saturated carbocycles. The molecule has 0 bridgehead atoms. The molecule has 3 heteroatoms. The Morgan fingerprint density at radius 3 is 2.35 bits per heavy atom. The van der Waals surface area contributed by atoms with Gasteiger partial charge in [-0.2, -0.15) is 0 Å². The van der Waals surface area contributed by atoms with Crippen molar-refractivity contribution in [2.45, 2.75) is 39.5 Å². The van der Waals surface area contributed by atoms with Crippen molar-refractivity contribution in [1.29, 1.82) is 0 Å². The van der Waals surface area contributed by atoms with Gasteiger partial charge in [0.2, 0.25) is 0 Å². The maximum absolute atomic E-state index is 11.1. The fourth-order valence-corrected chi connectivity index (χ4v) is 1.56. The number of rotatable bonds is 6. The zero-order valence-corrected chi connectivity index (χ0v) is 10.4. The molecule has 0 fully saturated rings. The van der Waals surface area contributed by atoms with Gasteiger partial charge in [-0.3, -0.25) is 9.59 Å². The van der Waals surface area contributed by atoms with Crippen LogP contribution < -0.4 is 4.74 Å². The van der Waals surface area contributed by atoms with E-state index >= 15 is 0 Å². The van der Waals surface area contributed by atoms with Crippen LogP contribution in [0, 0.1) is 0 Å². The highest BCUT2D eigenvalue weighted by Gasteiger charge is 2.01. The molecule has 3 nitrogen and oxygen atoms in total. The van der Waals surface area contributed by atoms with Crippen molar-refractivity contribution in [3.8, 4) is 5.75 Å². The smallest absolute Gasteiger partial charge is 0.308 e. The maximum Gasteiger partial charge on any atom is 0.308 e. The van der Waals surface area contributed by atoms with Crippen LogP contribution in [-0.2, 0) is 16.0 Å². The Morgan fingerprint density at radius 2 is 1.82 bits per heavy atom. The van der Waals surface area contributed by atoms with Crippen LogP contribution in [0.5, 0.6) is 5.75 Å². The van der Waals surface area contributed by atoms with E-state index in [-0.39, 0.29) is 5.97 Å². The normalized spacial score (nSPS) is 10.0. The summed E-state index contributed by atoms with van der Waals surface area (Å²) in [5.74, 6) is 0.554. The fraction of sp³-hybridized carbons (Fsp3) is 0.429. The Labute approximate surface area is 102 Å². The van der Waals surface area contributed by atoms with Crippen molar-refractivity contribution in [2.75, 3.05) is 0 Å². The summed E-state index contributed by atoms with van der Waals surface area (Å²) in [4.78, 5) is 21.8. The highest BCUT2D eigenvalue weighted by molar-refractivity contribution is 5.77. The number of esters is 1. The van der Waals surface area contributed by atoms with Crippen molar-refractivity contribution in [3.05, 3.63) is 29.8 Å². The van der Waals surface area contributed by atoms with Gasteiger partial charge in [-0.25, -0.2) is 0 Å². The van der Waals surface area contributed by atoms with Gasteiger partial charge in [0.25, 0.3) is 0 Å². The van der Waals surface area contributed by atoms with Gasteiger partial charge in [-0.05, 0) is 30.5 Å². The van der Waals surface area contributed by atoms with Crippen LogP contribution in [0.15, 0.2) is 24.3 Å². The van der Waals surface area contributed by atoms with E-state index in [2.05, 4.69) is 0 Å². The number of carbonyl (C=O) groups is 2. The number of ketones is 1. The van der Waals surface area contributed by atoms with E-state index in [9.17, 15) is 9.59 Å². The molecule has 0 radical (unpaired) electrons. The lowest BCUT2D eigenvalue weighted by Crippen LogP contribution is -2.01. The zero-order chi connectivity index (χ0) is 12.7. The molecular formula is C14H18O3. The van der Waals surface area contributed by atoms with Gasteiger partial charge in [-0.15, -0.1) is 0 Å². The summed E-state index contributed by atoms with van der Waals surface area (Å²) >= 11 is 0. The first-order valence-electron chi connectivity index (χ1n) is 5.91. The molecule has 0 amide bonds. The molecule has 0 heterocycles. The van der Waals surface area contributed by atoms with Gasteiger partial charge in [-0.1, -0.05) is 19.1 Å². The van der Waals surface area contributed by atoms with E-state index in [1.165, 1.54) is 6.92 Å². The Morgan fingerprint density at radius 1 is 1.18 bits per heavy atom. The molecule has 0 aliphatic heterocycles. The van der Waals surface area contributed by atoms with Crippen LogP contribution >= 0.6 is 0 Å². The number of benzene rings is 1. The molecule has 0 aliphatic rings. The molecule has 0 unspecified atom stereocenters. The minimum absolute atomic E-state index is 0.307. The lowest BCUT2D eigenvalue weighted by molar-refractivity contribution is -0.131. The third-order valence-electron chi connectivity index (χ3n) is 2.50. The Bertz CT molecular complexity index is 379. The second-order valence-corrected chi connectivity index (χ2v) is 3.98. The van der Waals surface area contributed by atoms with E-state index in [1.54, 1.807) is 12.1 Å². The van der Waals surface area contributed by atoms with Crippen LogP contribution in [0.25, 0.3) is 0 Å². The SMILES string of the molecule is CCC(=O)CCCc1ccc(OC(C)=O)cc1. The lowest BCUT2D eigenvalue weighted by atomic mass is 10.1. The highest BCUT2D eigenvalue weighted by Crippen LogP contribution is 2.14. The number of Topliss-reactive ketones (excluding diaryl/α,β-unsaturated/α-hetero) is 1. The van der Waals surface area contributed by atoms with Crippen molar-refractivity contribution in [2.24, 2.45) is 0 Å². The molecule has 0 spiro atoms. The van der Waals surface area contributed by atoms with Crippen LogP contribution in [0.3, 0.4) is 0 Å². The molecule has 1 aromatic carbocycles. The fourth-order valence-electron chi connectivity index (χ4n) is 1.56. The third kappa shape index (κ3) is 5.29. The van der Waals surface area contributed by atoms with Crippen molar-refractivity contribution in [3.63, 3.8) is 0 Å². The molecule has 0 saturated heterocycles. The minimum atomic E-state index is -0.314. The molecule has 0 aromatic heterocycles. The van der Waals surface area contributed by atoms with Gasteiger partial charge in [0.1, 0.15) is 11.5 Å². The van der Waals surface area contributed by atoms with Gasteiger partial charge < -0.3 is 4.74 Å². The molecule has 17 heavy (non-hydrogen) atoms. The van der Waals surface area contributed by atoms with Crippen LogP contribution in [0.4, 0.5) is 0 Å². The average Bonchev–Trinajstić information content (AvgIpc) is 2.30. The summed E-state index contributed by atoms with van der Waals surface area (Å²) in [6.45, 7) is 3.26. The number of carbonyl (C=O) groups excluding carboxylic acids is 2. The molecule has 1 aromatic rings. The summed E-state index contributed by atoms with van der Waals surface area (Å²) in [6.07, 6.45) is 3.01. The Hall–Kier alpha value is -1.64. The topological polar surface area (TPSA) is 43.4 Å². The quantitative estimate of drug-likeness (QED) is 0.561. The maximum atomic E-state index is 11.1. The van der Waals surface area contributed by atoms with Crippen LogP contribution in [-0.4, -0.2) is 11.8 Å². The van der Waals surface area contributed by atoms with E-state index in [0.29, 0.717) is 24.4 Å². The van der Waals surface area contributed by atoms with E-state index in [1.807, 2.05) is 19.1 Å². The lowest BCUT2D eigenvalue weighted by Gasteiger charge is -2.03. The molecule has 0 atom stereocenters. The van der Waals surface area contributed by atoms with E-state index in [0.717, 1.165) is 18.4 Å². The predicted octanol–water partition coefficient (Wildman–Crippen LogP) is 2.91. The summed E-state index contributed by atoms with van der Waals surface area (Å²) < 4.78 is 4.94. The summed E-state index contributed by atoms with van der Waals surface area (Å²) in [7, 11) is 0. The van der Waals surface area contributed by atoms with Crippen molar-refractivity contribution < 1.29 is 14.3 Å². The largest absolute Gasteiger partial charge is 0.427 e. The number of ether oxygens (including phenoxy) is 1. The monoisotopic (exact) mass is 234 g/mol. The standard InChI is InChI=1S/C14H18O3/c1-3-13(16)6-4-5-12-7-9-14(10-8-12)17-11(2)15/h7-10H,3-6H2,1-2H3. The molecule has 92 valence electrons.